The van der Waals surface area contributed by atoms with Crippen LogP contribution < -0.4 is 0 Å². The van der Waals surface area contributed by atoms with Crippen molar-refractivity contribution in [2.75, 3.05) is 0 Å². The molecule has 5 rings (SSSR count). The highest BCUT2D eigenvalue weighted by Crippen LogP contribution is 2.44. The molecule has 0 fully saturated rings. The molecule has 0 atom stereocenters. The number of hydrogen-bond donors (Lipinski definition) is 1. The Bertz CT molecular complexity index is 1660. The standard InChI is InChI=1S/C30H20O6S3/c31-17-36-16-21-14-25(28(35)19-9-5-2-6-10-19)39-30(21)23-12-11-22(37-23)29-20(15-26(32)33)13-24(38-29)27(34)18-7-3-1-4-8-18/h1-14,17H,15-16H2,(H,32,33). The van der Waals surface area contributed by atoms with Crippen LogP contribution in [0.3, 0.4) is 0 Å². The molecule has 0 saturated carbocycles. The molecular formula is C30H20O6S3. The van der Waals surface area contributed by atoms with E-state index in [0.717, 1.165) is 19.5 Å². The normalized spacial score (nSPS) is 10.8. The predicted molar refractivity (Wildman–Crippen MR) is 153 cm³/mol. The number of carboxylic acid groups (broad SMARTS) is 1. The average Bonchev–Trinajstić information content (AvgIpc) is 3.70. The molecule has 0 saturated heterocycles. The Hall–Kier alpha value is -4.18. The van der Waals surface area contributed by atoms with Crippen LogP contribution >= 0.6 is 34.0 Å². The van der Waals surface area contributed by atoms with Crippen molar-refractivity contribution in [1.82, 2.24) is 0 Å². The maximum absolute atomic E-state index is 13.1. The van der Waals surface area contributed by atoms with Gasteiger partial charge in [-0.25, -0.2) is 0 Å². The quantitative estimate of drug-likeness (QED) is 0.136. The first-order valence-corrected chi connectivity index (χ1v) is 14.2. The van der Waals surface area contributed by atoms with Crippen LogP contribution in [0.1, 0.15) is 41.6 Å². The van der Waals surface area contributed by atoms with Crippen LogP contribution in [0.2, 0.25) is 0 Å². The van der Waals surface area contributed by atoms with Gasteiger partial charge in [0.2, 0.25) is 11.6 Å². The highest BCUT2D eigenvalue weighted by molar-refractivity contribution is 7.27. The van der Waals surface area contributed by atoms with Gasteiger partial charge in [-0.1, -0.05) is 60.7 Å². The van der Waals surface area contributed by atoms with Gasteiger partial charge < -0.3 is 9.84 Å². The first kappa shape index (κ1) is 26.4. The van der Waals surface area contributed by atoms with E-state index in [9.17, 15) is 24.3 Å². The van der Waals surface area contributed by atoms with Gasteiger partial charge in [-0.3, -0.25) is 19.2 Å². The van der Waals surface area contributed by atoms with E-state index in [1.807, 2.05) is 24.3 Å². The smallest absolute Gasteiger partial charge is 0.307 e. The third-order valence-electron chi connectivity index (χ3n) is 5.84. The second kappa shape index (κ2) is 11.7. The first-order valence-electron chi connectivity index (χ1n) is 11.8. The van der Waals surface area contributed by atoms with Crippen LogP contribution in [0, 0.1) is 0 Å². The second-order valence-corrected chi connectivity index (χ2v) is 11.7. The van der Waals surface area contributed by atoms with Crippen molar-refractivity contribution in [3.63, 3.8) is 0 Å². The molecule has 194 valence electrons. The molecule has 39 heavy (non-hydrogen) atoms. The molecule has 9 heteroatoms. The van der Waals surface area contributed by atoms with E-state index >= 15 is 0 Å². The summed E-state index contributed by atoms with van der Waals surface area (Å²) in [5, 5.41) is 9.50. The molecule has 0 bridgehead atoms. The number of carbonyl (C=O) groups excluding carboxylic acids is 3. The summed E-state index contributed by atoms with van der Waals surface area (Å²) < 4.78 is 5.03. The third-order valence-corrected chi connectivity index (χ3v) is 9.64. The third kappa shape index (κ3) is 5.80. The highest BCUT2D eigenvalue weighted by atomic mass is 32.1. The fraction of sp³-hybridized carbons (Fsp3) is 0.0667. The van der Waals surface area contributed by atoms with Gasteiger partial charge in [-0.15, -0.1) is 34.0 Å². The maximum Gasteiger partial charge on any atom is 0.307 e. The molecule has 0 spiro atoms. The van der Waals surface area contributed by atoms with Gasteiger partial charge in [0.15, 0.2) is 0 Å². The number of benzene rings is 2. The van der Waals surface area contributed by atoms with Crippen LogP contribution in [-0.4, -0.2) is 29.1 Å². The highest BCUT2D eigenvalue weighted by Gasteiger charge is 2.22. The number of carboxylic acids is 1. The van der Waals surface area contributed by atoms with E-state index < -0.39 is 5.97 Å². The predicted octanol–water partition coefficient (Wildman–Crippen LogP) is 6.97. The summed E-state index contributed by atoms with van der Waals surface area (Å²) >= 11 is 4.02. The monoisotopic (exact) mass is 572 g/mol. The van der Waals surface area contributed by atoms with Gasteiger partial charge in [-0.2, -0.15) is 0 Å². The molecule has 0 aliphatic heterocycles. The summed E-state index contributed by atoms with van der Waals surface area (Å²) in [4.78, 5) is 52.8. The fourth-order valence-electron chi connectivity index (χ4n) is 4.07. The lowest BCUT2D eigenvalue weighted by molar-refractivity contribution is -0.136. The van der Waals surface area contributed by atoms with Crippen molar-refractivity contribution in [2.45, 2.75) is 13.0 Å². The van der Waals surface area contributed by atoms with Crippen LogP contribution in [0.5, 0.6) is 0 Å². The largest absolute Gasteiger partial charge is 0.481 e. The molecule has 0 radical (unpaired) electrons. The SMILES string of the molecule is O=COCc1cc(C(=O)c2ccccc2)sc1-c1ccc(-c2sc(C(=O)c3ccccc3)cc2CC(=O)O)s1. The number of ether oxygens (including phenoxy) is 1. The van der Waals surface area contributed by atoms with E-state index in [4.69, 9.17) is 4.74 Å². The van der Waals surface area contributed by atoms with Crippen molar-refractivity contribution in [1.29, 1.82) is 0 Å². The van der Waals surface area contributed by atoms with E-state index in [1.165, 1.54) is 34.0 Å². The van der Waals surface area contributed by atoms with Gasteiger partial charge in [-0.05, 0) is 29.8 Å². The Balaban J connectivity index is 1.52. The molecule has 3 aromatic heterocycles. The summed E-state index contributed by atoms with van der Waals surface area (Å²) in [5.41, 5.74) is 2.37. The van der Waals surface area contributed by atoms with E-state index in [-0.39, 0.29) is 24.6 Å². The summed E-state index contributed by atoms with van der Waals surface area (Å²) in [6.45, 7) is 0.388. The van der Waals surface area contributed by atoms with Crippen LogP contribution in [0.25, 0.3) is 19.5 Å². The summed E-state index contributed by atoms with van der Waals surface area (Å²) in [6, 6.07) is 25.0. The molecule has 6 nitrogen and oxygen atoms in total. The number of thiophene rings is 3. The molecule has 0 unspecified atom stereocenters. The Morgan fingerprint density at radius 2 is 1.18 bits per heavy atom. The van der Waals surface area contributed by atoms with Gasteiger partial charge in [0.05, 0.1) is 21.1 Å². The Morgan fingerprint density at radius 1 is 0.692 bits per heavy atom. The average molecular weight is 573 g/mol. The van der Waals surface area contributed by atoms with Crippen molar-refractivity contribution in [2.24, 2.45) is 0 Å². The number of ketones is 2. The number of rotatable bonds is 11. The minimum absolute atomic E-state index is 0.0175. The lowest BCUT2D eigenvalue weighted by Crippen LogP contribution is -2.00. The zero-order valence-electron chi connectivity index (χ0n) is 20.3. The van der Waals surface area contributed by atoms with E-state index in [2.05, 4.69) is 0 Å². The van der Waals surface area contributed by atoms with Gasteiger partial charge >= 0.3 is 5.97 Å². The van der Waals surface area contributed by atoms with Crippen molar-refractivity contribution >= 4 is 58.0 Å². The summed E-state index contributed by atoms with van der Waals surface area (Å²) in [6.07, 6.45) is -0.214. The molecule has 0 aliphatic carbocycles. The topological polar surface area (TPSA) is 97.7 Å². The van der Waals surface area contributed by atoms with E-state index in [1.54, 1.807) is 60.7 Å². The van der Waals surface area contributed by atoms with Crippen molar-refractivity contribution < 1.29 is 29.0 Å². The van der Waals surface area contributed by atoms with Gasteiger partial charge in [0.25, 0.3) is 6.47 Å². The summed E-state index contributed by atoms with van der Waals surface area (Å²) in [5.74, 6) is -1.27. The molecule has 3 heterocycles. The zero-order chi connectivity index (χ0) is 27.4. The molecule has 1 N–H and O–H groups in total. The van der Waals surface area contributed by atoms with Gasteiger partial charge in [0, 0.05) is 31.3 Å². The molecular weight excluding hydrogens is 553 g/mol. The Kier molecular flexibility index (Phi) is 7.92. The van der Waals surface area contributed by atoms with Crippen molar-refractivity contribution in [3.05, 3.63) is 117 Å². The molecule has 0 aliphatic rings. The molecule has 5 aromatic rings. The van der Waals surface area contributed by atoms with Gasteiger partial charge in [0.1, 0.15) is 6.61 Å². The van der Waals surface area contributed by atoms with Crippen LogP contribution in [0.15, 0.2) is 84.9 Å². The lowest BCUT2D eigenvalue weighted by Gasteiger charge is -2.00. The first-order chi connectivity index (χ1) is 18.9. The van der Waals surface area contributed by atoms with E-state index in [0.29, 0.717) is 38.5 Å². The number of carbonyl (C=O) groups is 4. The van der Waals surface area contributed by atoms with Crippen LogP contribution in [0.4, 0.5) is 0 Å². The molecule has 0 amide bonds. The number of aliphatic carboxylic acids is 1. The van der Waals surface area contributed by atoms with Crippen LogP contribution in [-0.2, 0) is 27.4 Å². The minimum atomic E-state index is -0.986. The molecule has 2 aromatic carbocycles. The number of hydrogen-bond acceptors (Lipinski definition) is 8. The maximum atomic E-state index is 13.1. The van der Waals surface area contributed by atoms with Crippen molar-refractivity contribution in [3.8, 4) is 19.5 Å². The zero-order valence-corrected chi connectivity index (χ0v) is 22.7. The Morgan fingerprint density at radius 3 is 1.67 bits per heavy atom. The fourth-order valence-corrected chi connectivity index (χ4v) is 7.64. The minimum Gasteiger partial charge on any atom is -0.481 e. The Labute approximate surface area is 235 Å². The lowest BCUT2D eigenvalue weighted by atomic mass is 10.1. The summed E-state index contributed by atoms with van der Waals surface area (Å²) in [7, 11) is 0. The second-order valence-electron chi connectivity index (χ2n) is 8.46.